The number of aliphatic hydroxyl groups excluding tert-OH is 1. The highest BCUT2D eigenvalue weighted by Crippen LogP contribution is 2.30. The molecule has 0 aliphatic heterocycles. The third-order valence-electron chi connectivity index (χ3n) is 3.27. The van der Waals surface area contributed by atoms with Gasteiger partial charge in [-0.3, -0.25) is 0 Å². The van der Waals surface area contributed by atoms with E-state index in [-0.39, 0.29) is 13.2 Å². The Balaban J connectivity index is 2.50. The van der Waals surface area contributed by atoms with Crippen molar-refractivity contribution >= 4 is 23.0 Å². The van der Waals surface area contributed by atoms with Crippen LogP contribution in [0.5, 0.6) is 0 Å². The summed E-state index contributed by atoms with van der Waals surface area (Å²) in [7, 11) is 1.25. The number of thiazole rings is 1. The van der Waals surface area contributed by atoms with E-state index in [2.05, 4.69) is 4.99 Å². The molecule has 0 saturated carbocycles. The average molecular weight is 360 g/mol. The number of rotatable bonds is 4. The van der Waals surface area contributed by atoms with E-state index in [0.29, 0.717) is 21.1 Å². The molecule has 2 rings (SSSR count). The summed E-state index contributed by atoms with van der Waals surface area (Å²) in [6, 6.07) is 4.38. The first-order valence-electron chi connectivity index (χ1n) is 6.89. The van der Waals surface area contributed by atoms with Crippen LogP contribution in [0.25, 0.3) is 0 Å². The van der Waals surface area contributed by atoms with Gasteiger partial charge in [0.2, 0.25) is 0 Å². The molecule has 2 aromatic rings. The summed E-state index contributed by atoms with van der Waals surface area (Å²) < 4.78 is 44.1. The first kappa shape index (κ1) is 18.2. The highest BCUT2D eigenvalue weighted by molar-refractivity contribution is 7.11. The van der Waals surface area contributed by atoms with Crippen LogP contribution >= 0.6 is 11.3 Å². The normalized spacial score (nSPS) is 12.5. The van der Waals surface area contributed by atoms with Crippen molar-refractivity contribution in [2.75, 3.05) is 13.7 Å². The number of hydrogen-bond donors (Lipinski definition) is 1. The largest absolute Gasteiger partial charge is 0.465 e. The van der Waals surface area contributed by atoms with Gasteiger partial charge in [0.05, 0.1) is 25.0 Å². The molecule has 1 aromatic heterocycles. The van der Waals surface area contributed by atoms with E-state index < -0.39 is 17.7 Å². The molecule has 130 valence electrons. The molecule has 0 spiro atoms. The van der Waals surface area contributed by atoms with Crippen LogP contribution in [0.2, 0.25) is 0 Å². The fourth-order valence-electron chi connectivity index (χ4n) is 2.05. The lowest BCUT2D eigenvalue weighted by Crippen LogP contribution is -2.18. The van der Waals surface area contributed by atoms with E-state index in [1.165, 1.54) is 19.2 Å². The smallest absolute Gasteiger partial charge is 0.416 e. The highest BCUT2D eigenvalue weighted by Gasteiger charge is 2.29. The van der Waals surface area contributed by atoms with Gasteiger partial charge < -0.3 is 14.4 Å². The maximum absolute atomic E-state index is 12.6. The van der Waals surface area contributed by atoms with Crippen LogP contribution in [0, 0.1) is 6.92 Å². The third kappa shape index (κ3) is 3.85. The third-order valence-corrected chi connectivity index (χ3v) is 4.43. The molecule has 0 bridgehead atoms. The van der Waals surface area contributed by atoms with E-state index in [0.717, 1.165) is 23.5 Å². The number of hydrogen-bond acceptors (Lipinski definition) is 5. The Morgan fingerprint density at radius 2 is 1.96 bits per heavy atom. The van der Waals surface area contributed by atoms with Gasteiger partial charge in [0.25, 0.3) is 0 Å². The average Bonchev–Trinajstić information content (AvgIpc) is 2.83. The van der Waals surface area contributed by atoms with E-state index in [9.17, 15) is 18.0 Å². The van der Waals surface area contributed by atoms with E-state index in [4.69, 9.17) is 9.84 Å². The van der Waals surface area contributed by atoms with Gasteiger partial charge >= 0.3 is 12.1 Å². The number of aromatic nitrogens is 1. The number of esters is 1. The summed E-state index contributed by atoms with van der Waals surface area (Å²) in [5.74, 6) is -0.530. The molecule has 0 atom stereocenters. The summed E-state index contributed by atoms with van der Waals surface area (Å²) in [4.78, 5) is 16.8. The summed E-state index contributed by atoms with van der Waals surface area (Å²) in [6.45, 7) is 1.72. The maximum Gasteiger partial charge on any atom is 0.416 e. The van der Waals surface area contributed by atoms with Crippen LogP contribution < -0.4 is 4.80 Å². The van der Waals surface area contributed by atoms with Gasteiger partial charge in [-0.2, -0.15) is 13.2 Å². The van der Waals surface area contributed by atoms with Crippen molar-refractivity contribution in [1.82, 2.24) is 4.57 Å². The van der Waals surface area contributed by atoms with E-state index >= 15 is 0 Å². The van der Waals surface area contributed by atoms with Crippen LogP contribution in [0.15, 0.2) is 29.3 Å². The highest BCUT2D eigenvalue weighted by atomic mass is 32.1. The minimum absolute atomic E-state index is 0.168. The number of carbonyl (C=O) groups is 1. The van der Waals surface area contributed by atoms with Crippen LogP contribution in [0.1, 0.15) is 20.9 Å². The Morgan fingerprint density at radius 1 is 1.33 bits per heavy atom. The second-order valence-corrected chi connectivity index (χ2v) is 5.80. The van der Waals surface area contributed by atoms with Crippen molar-refractivity contribution in [2.45, 2.75) is 19.6 Å². The zero-order valence-corrected chi connectivity index (χ0v) is 13.7. The van der Waals surface area contributed by atoms with E-state index in [1.54, 1.807) is 11.5 Å². The Hall–Kier alpha value is -2.13. The lowest BCUT2D eigenvalue weighted by molar-refractivity contribution is -0.137. The first-order valence-corrected chi connectivity index (χ1v) is 7.71. The monoisotopic (exact) mass is 360 g/mol. The molecule has 5 nitrogen and oxygen atoms in total. The molecule has 0 saturated heterocycles. The summed E-state index contributed by atoms with van der Waals surface area (Å²) in [5.41, 5.74) is 0.126. The molecule has 1 aromatic carbocycles. The Labute approximate surface area is 139 Å². The van der Waals surface area contributed by atoms with Gasteiger partial charge in [0.1, 0.15) is 4.88 Å². The Morgan fingerprint density at radius 3 is 2.46 bits per heavy atom. The van der Waals surface area contributed by atoms with Crippen molar-refractivity contribution < 1.29 is 27.8 Å². The molecule has 1 N–H and O–H groups in total. The number of methoxy groups -OCH3 is 1. The van der Waals surface area contributed by atoms with Gasteiger partial charge in [0, 0.05) is 12.2 Å². The summed E-state index contributed by atoms with van der Waals surface area (Å²) in [6.07, 6.45) is -4.41. The second kappa shape index (κ2) is 7.18. The van der Waals surface area contributed by atoms with Gasteiger partial charge in [-0.25, -0.2) is 9.79 Å². The van der Waals surface area contributed by atoms with Crippen molar-refractivity contribution in [3.8, 4) is 0 Å². The molecule has 0 amide bonds. The zero-order valence-electron chi connectivity index (χ0n) is 12.9. The number of carbonyl (C=O) groups excluding carboxylic acids is 1. The van der Waals surface area contributed by atoms with Crippen molar-refractivity contribution in [1.29, 1.82) is 0 Å². The minimum Gasteiger partial charge on any atom is -0.465 e. The molecule has 0 unspecified atom stereocenters. The number of aliphatic hydroxyl groups is 1. The SMILES string of the molecule is COC(=O)c1sc(=Nc2ccc(C(F)(F)F)cc2)n(CCO)c1C. The molecule has 0 aliphatic rings. The van der Waals surface area contributed by atoms with Crippen molar-refractivity contribution in [3.05, 3.63) is 45.2 Å². The number of halogens is 3. The van der Waals surface area contributed by atoms with Gasteiger partial charge in [-0.1, -0.05) is 11.3 Å². The van der Waals surface area contributed by atoms with E-state index in [1.807, 2.05) is 0 Å². The number of nitrogens with zero attached hydrogens (tertiary/aromatic N) is 2. The standard InChI is InChI=1S/C15H15F3N2O3S/c1-9-12(13(22)23-2)24-14(20(9)7-8-21)19-11-5-3-10(4-6-11)15(16,17)18/h3-6,21H,7-8H2,1-2H3. The summed E-state index contributed by atoms with van der Waals surface area (Å²) >= 11 is 1.05. The topological polar surface area (TPSA) is 63.8 Å². The Kier molecular flexibility index (Phi) is 5.45. The van der Waals surface area contributed by atoms with Crippen molar-refractivity contribution in [3.63, 3.8) is 0 Å². The zero-order chi connectivity index (χ0) is 17.9. The van der Waals surface area contributed by atoms with Crippen LogP contribution in [0.4, 0.5) is 18.9 Å². The molecule has 9 heteroatoms. The van der Waals surface area contributed by atoms with Gasteiger partial charge in [-0.15, -0.1) is 0 Å². The predicted octanol–water partition coefficient (Wildman–Crippen LogP) is 2.89. The second-order valence-electron chi connectivity index (χ2n) is 4.82. The quantitative estimate of drug-likeness (QED) is 0.853. The number of alkyl halides is 3. The molecule has 0 radical (unpaired) electrons. The van der Waals surface area contributed by atoms with Crippen LogP contribution in [-0.4, -0.2) is 29.4 Å². The van der Waals surface area contributed by atoms with Crippen LogP contribution in [0.3, 0.4) is 0 Å². The van der Waals surface area contributed by atoms with Crippen molar-refractivity contribution in [2.24, 2.45) is 4.99 Å². The number of benzene rings is 1. The fraction of sp³-hybridized carbons (Fsp3) is 0.333. The molecular weight excluding hydrogens is 345 g/mol. The maximum atomic E-state index is 12.6. The molecule has 1 heterocycles. The van der Waals surface area contributed by atoms with Crippen LogP contribution in [-0.2, 0) is 17.5 Å². The first-order chi connectivity index (χ1) is 11.3. The number of ether oxygens (including phenoxy) is 1. The molecule has 0 aliphatic carbocycles. The van der Waals surface area contributed by atoms with Gasteiger partial charge in [-0.05, 0) is 31.2 Å². The predicted molar refractivity (Wildman–Crippen MR) is 82.1 cm³/mol. The lowest BCUT2D eigenvalue weighted by atomic mass is 10.2. The summed E-state index contributed by atoms with van der Waals surface area (Å²) in [5, 5.41) is 9.17. The molecule has 24 heavy (non-hydrogen) atoms. The van der Waals surface area contributed by atoms with Gasteiger partial charge in [0.15, 0.2) is 4.80 Å². The fourth-order valence-corrected chi connectivity index (χ4v) is 3.15. The molecular formula is C15H15F3N2O3S. The lowest BCUT2D eigenvalue weighted by Gasteiger charge is -2.06. The minimum atomic E-state index is -4.41. The Bertz CT molecular complexity index is 792. The molecule has 0 fully saturated rings.